The molecule has 0 radical (unpaired) electrons. The van der Waals surface area contributed by atoms with E-state index in [0.717, 1.165) is 0 Å². The van der Waals surface area contributed by atoms with Crippen LogP contribution in [0.4, 0.5) is 5.69 Å². The fourth-order valence-corrected chi connectivity index (χ4v) is 1.25. The summed E-state index contributed by atoms with van der Waals surface area (Å²) in [5.41, 5.74) is -0.315. The molecule has 0 atom stereocenters. The molecule has 0 bridgehead atoms. The summed E-state index contributed by atoms with van der Waals surface area (Å²) in [6.45, 7) is 5.25. The van der Waals surface area contributed by atoms with Crippen molar-refractivity contribution < 1.29 is 9.53 Å². The Hall–Kier alpha value is -1.42. The SMILES string of the molecule is CC(C)(C)OC(=O)c1cc(N=O)ccc1Cl. The summed E-state index contributed by atoms with van der Waals surface area (Å²) in [6, 6.07) is 4.18. The van der Waals surface area contributed by atoms with Crippen LogP contribution in [0.25, 0.3) is 0 Å². The number of nitrogens with zero attached hydrogens (tertiary/aromatic N) is 1. The smallest absolute Gasteiger partial charge is 0.340 e. The van der Waals surface area contributed by atoms with Crippen LogP contribution >= 0.6 is 11.6 Å². The van der Waals surface area contributed by atoms with E-state index in [9.17, 15) is 9.70 Å². The van der Waals surface area contributed by atoms with Crippen molar-refractivity contribution in [2.24, 2.45) is 5.18 Å². The van der Waals surface area contributed by atoms with E-state index in [0.29, 0.717) is 0 Å². The van der Waals surface area contributed by atoms with Gasteiger partial charge in [0, 0.05) is 0 Å². The lowest BCUT2D eigenvalue weighted by atomic mass is 10.1. The van der Waals surface area contributed by atoms with Gasteiger partial charge in [-0.2, -0.15) is 0 Å². The van der Waals surface area contributed by atoms with Crippen molar-refractivity contribution in [2.45, 2.75) is 26.4 Å². The number of hydrogen-bond acceptors (Lipinski definition) is 4. The summed E-state index contributed by atoms with van der Waals surface area (Å²) < 4.78 is 5.14. The first-order valence-corrected chi connectivity index (χ1v) is 5.07. The molecule has 1 aromatic rings. The van der Waals surface area contributed by atoms with E-state index in [4.69, 9.17) is 16.3 Å². The monoisotopic (exact) mass is 241 g/mol. The number of hydrogen-bond donors (Lipinski definition) is 0. The van der Waals surface area contributed by atoms with Crippen LogP contribution in [0.3, 0.4) is 0 Å². The molecule has 86 valence electrons. The highest BCUT2D eigenvalue weighted by Crippen LogP contribution is 2.24. The highest BCUT2D eigenvalue weighted by Gasteiger charge is 2.20. The third kappa shape index (κ3) is 3.31. The third-order valence-corrected chi connectivity index (χ3v) is 2.00. The Morgan fingerprint density at radius 1 is 1.38 bits per heavy atom. The fourth-order valence-electron chi connectivity index (χ4n) is 1.06. The Morgan fingerprint density at radius 2 is 2.00 bits per heavy atom. The minimum atomic E-state index is -0.606. The molecule has 0 aliphatic carbocycles. The molecular formula is C11H12ClNO3. The van der Waals surface area contributed by atoms with Crippen molar-refractivity contribution in [3.8, 4) is 0 Å². The first-order chi connectivity index (χ1) is 7.33. The number of carbonyl (C=O) groups excluding carboxylic acids is 1. The first-order valence-electron chi connectivity index (χ1n) is 4.70. The molecule has 0 spiro atoms. The van der Waals surface area contributed by atoms with Crippen LogP contribution in [0.15, 0.2) is 23.4 Å². The van der Waals surface area contributed by atoms with E-state index in [1.165, 1.54) is 18.2 Å². The predicted molar refractivity (Wildman–Crippen MR) is 62.1 cm³/mol. The van der Waals surface area contributed by atoms with Gasteiger partial charge in [-0.25, -0.2) is 4.79 Å². The van der Waals surface area contributed by atoms with Gasteiger partial charge in [-0.1, -0.05) is 11.6 Å². The van der Waals surface area contributed by atoms with E-state index in [2.05, 4.69) is 5.18 Å². The van der Waals surface area contributed by atoms with E-state index < -0.39 is 11.6 Å². The normalized spacial score (nSPS) is 11.0. The number of nitroso groups, excluding NO2 is 1. The lowest BCUT2D eigenvalue weighted by Crippen LogP contribution is -2.24. The van der Waals surface area contributed by atoms with Crippen molar-refractivity contribution in [2.75, 3.05) is 0 Å². The summed E-state index contributed by atoms with van der Waals surface area (Å²) in [5, 5.41) is 2.97. The molecule has 0 aliphatic heterocycles. The van der Waals surface area contributed by atoms with Crippen molar-refractivity contribution >= 4 is 23.3 Å². The lowest BCUT2D eigenvalue weighted by Gasteiger charge is -2.19. The average Bonchev–Trinajstić information content (AvgIpc) is 2.15. The average molecular weight is 242 g/mol. The van der Waals surface area contributed by atoms with E-state index in [1.807, 2.05) is 0 Å². The molecule has 0 saturated heterocycles. The van der Waals surface area contributed by atoms with Crippen LogP contribution in [0.5, 0.6) is 0 Å². The van der Waals surface area contributed by atoms with Gasteiger partial charge in [-0.05, 0) is 44.1 Å². The lowest BCUT2D eigenvalue weighted by molar-refractivity contribution is 0.00698. The van der Waals surface area contributed by atoms with E-state index in [-0.39, 0.29) is 16.3 Å². The fraction of sp³-hybridized carbons (Fsp3) is 0.364. The molecule has 0 N–H and O–H groups in total. The maximum atomic E-state index is 11.7. The molecule has 0 saturated carbocycles. The quantitative estimate of drug-likeness (QED) is 0.586. The van der Waals surface area contributed by atoms with Crippen LogP contribution in [-0.4, -0.2) is 11.6 Å². The van der Waals surface area contributed by atoms with Crippen LogP contribution in [0, 0.1) is 4.91 Å². The zero-order chi connectivity index (χ0) is 12.3. The Kier molecular flexibility index (Phi) is 3.65. The predicted octanol–water partition coefficient (Wildman–Crippen LogP) is 3.69. The van der Waals surface area contributed by atoms with Crippen molar-refractivity contribution in [3.05, 3.63) is 33.7 Å². The molecule has 5 heteroatoms. The van der Waals surface area contributed by atoms with Crippen LogP contribution < -0.4 is 0 Å². The van der Waals surface area contributed by atoms with Gasteiger partial charge in [0.25, 0.3) is 0 Å². The third-order valence-electron chi connectivity index (χ3n) is 1.67. The number of ether oxygens (including phenoxy) is 1. The van der Waals surface area contributed by atoms with Gasteiger partial charge in [0.2, 0.25) is 0 Å². The maximum Gasteiger partial charge on any atom is 0.340 e. The molecule has 1 rings (SSSR count). The minimum Gasteiger partial charge on any atom is -0.456 e. The molecule has 0 fully saturated rings. The van der Waals surface area contributed by atoms with Gasteiger partial charge in [-0.15, -0.1) is 4.91 Å². The molecule has 4 nitrogen and oxygen atoms in total. The number of esters is 1. The Labute approximate surface area is 98.5 Å². The Balaban J connectivity index is 3.03. The number of rotatable bonds is 2. The molecule has 1 aromatic carbocycles. The molecule has 0 aliphatic rings. The summed E-state index contributed by atoms with van der Waals surface area (Å²) in [7, 11) is 0. The van der Waals surface area contributed by atoms with Crippen molar-refractivity contribution in [3.63, 3.8) is 0 Å². The van der Waals surface area contributed by atoms with Crippen LogP contribution in [0.2, 0.25) is 5.02 Å². The zero-order valence-electron chi connectivity index (χ0n) is 9.28. The van der Waals surface area contributed by atoms with Crippen molar-refractivity contribution in [1.82, 2.24) is 0 Å². The Bertz CT molecular complexity index is 424. The van der Waals surface area contributed by atoms with Gasteiger partial charge in [0.05, 0.1) is 10.6 Å². The van der Waals surface area contributed by atoms with E-state index >= 15 is 0 Å². The highest BCUT2D eigenvalue weighted by molar-refractivity contribution is 6.33. The minimum absolute atomic E-state index is 0.144. The second-order valence-electron chi connectivity index (χ2n) is 4.26. The summed E-state index contributed by atoms with van der Waals surface area (Å²) in [5.74, 6) is -0.567. The summed E-state index contributed by atoms with van der Waals surface area (Å²) >= 11 is 5.83. The standard InChI is InChI=1S/C11H12ClNO3/c1-11(2,3)16-10(14)8-6-7(13-15)4-5-9(8)12/h4-6H,1-3H3. The molecular weight excluding hydrogens is 230 g/mol. The zero-order valence-corrected chi connectivity index (χ0v) is 10.0. The van der Waals surface area contributed by atoms with Crippen molar-refractivity contribution in [1.29, 1.82) is 0 Å². The first kappa shape index (κ1) is 12.6. The molecule has 0 aromatic heterocycles. The van der Waals surface area contributed by atoms with Gasteiger partial charge in [0.1, 0.15) is 11.3 Å². The van der Waals surface area contributed by atoms with Gasteiger partial charge >= 0.3 is 5.97 Å². The van der Waals surface area contributed by atoms with Gasteiger partial charge < -0.3 is 4.74 Å². The van der Waals surface area contributed by atoms with Gasteiger partial charge in [-0.3, -0.25) is 0 Å². The summed E-state index contributed by atoms with van der Waals surface area (Å²) in [6.07, 6.45) is 0. The van der Waals surface area contributed by atoms with Crippen LogP contribution in [0.1, 0.15) is 31.1 Å². The topological polar surface area (TPSA) is 55.7 Å². The second-order valence-corrected chi connectivity index (χ2v) is 4.66. The van der Waals surface area contributed by atoms with Gasteiger partial charge in [0.15, 0.2) is 0 Å². The summed E-state index contributed by atoms with van der Waals surface area (Å²) in [4.78, 5) is 22.0. The molecule has 0 unspecified atom stereocenters. The highest BCUT2D eigenvalue weighted by atomic mass is 35.5. The number of carbonyl (C=O) groups is 1. The maximum absolute atomic E-state index is 11.7. The second kappa shape index (κ2) is 4.61. The number of halogens is 1. The van der Waals surface area contributed by atoms with Crippen LogP contribution in [-0.2, 0) is 4.74 Å². The molecule has 0 amide bonds. The molecule has 0 heterocycles. The largest absolute Gasteiger partial charge is 0.456 e. The molecule has 16 heavy (non-hydrogen) atoms. The number of benzene rings is 1. The Morgan fingerprint density at radius 3 is 2.50 bits per heavy atom. The van der Waals surface area contributed by atoms with E-state index in [1.54, 1.807) is 20.8 Å².